The van der Waals surface area contributed by atoms with Crippen LogP contribution in [0, 0.1) is 10.1 Å². The lowest BCUT2D eigenvalue weighted by atomic mass is 10.0. The summed E-state index contributed by atoms with van der Waals surface area (Å²) in [5.74, 6) is -0.365. The Kier molecular flexibility index (Phi) is 4.98. The fraction of sp³-hybridized carbons (Fsp3) is 0.333. The molecule has 0 spiro atoms. The molecule has 1 fully saturated rings. The third-order valence-corrected chi connectivity index (χ3v) is 5.64. The van der Waals surface area contributed by atoms with E-state index in [2.05, 4.69) is 0 Å². The molecule has 2 aliphatic rings. The predicted molar refractivity (Wildman–Crippen MR) is 91.7 cm³/mol. The van der Waals surface area contributed by atoms with Gasteiger partial charge in [-0.1, -0.05) is 0 Å². The topological polar surface area (TPSA) is 116 Å². The Morgan fingerprint density at radius 1 is 1.44 bits per heavy atom. The molecule has 1 unspecified atom stereocenters. The number of non-ortho nitro benzene ring substituents is 1. The van der Waals surface area contributed by atoms with Crippen LogP contribution in [0.4, 0.5) is 5.69 Å². The fourth-order valence-corrected chi connectivity index (χ4v) is 4.23. The van der Waals surface area contributed by atoms with Gasteiger partial charge in [-0.05, 0) is 23.3 Å². The van der Waals surface area contributed by atoms with Crippen molar-refractivity contribution in [2.75, 3.05) is 11.6 Å². The van der Waals surface area contributed by atoms with Gasteiger partial charge in [-0.25, -0.2) is 4.79 Å². The molecule has 25 heavy (non-hydrogen) atoms. The number of carbonyl (C=O) groups is 2. The predicted octanol–water partition coefficient (Wildman–Crippen LogP) is 1.37. The van der Waals surface area contributed by atoms with Gasteiger partial charge in [-0.3, -0.25) is 19.8 Å². The van der Waals surface area contributed by atoms with E-state index in [0.29, 0.717) is 16.9 Å². The number of thioether (sulfide) groups is 1. The SMILES string of the molecule is NC1C(=O)N2C(C(=O)OCc3ccc([N+](=O)[O-])cc3)=C(CCl)CS[C@@H]12. The third kappa shape index (κ3) is 3.22. The van der Waals surface area contributed by atoms with E-state index >= 15 is 0 Å². The molecule has 2 heterocycles. The number of nitro groups is 1. The van der Waals surface area contributed by atoms with Crippen LogP contribution in [0.3, 0.4) is 0 Å². The van der Waals surface area contributed by atoms with E-state index in [1.54, 1.807) is 0 Å². The minimum atomic E-state index is -0.653. The molecule has 1 saturated heterocycles. The maximum absolute atomic E-state index is 12.5. The number of benzene rings is 1. The number of carbonyl (C=O) groups excluding carboxylic acids is 2. The van der Waals surface area contributed by atoms with Crippen molar-refractivity contribution in [2.45, 2.75) is 18.0 Å². The first-order valence-electron chi connectivity index (χ1n) is 7.32. The van der Waals surface area contributed by atoms with Crippen molar-refractivity contribution >= 4 is 40.9 Å². The lowest BCUT2D eigenvalue weighted by Crippen LogP contribution is -2.68. The van der Waals surface area contributed by atoms with Gasteiger partial charge < -0.3 is 10.5 Å². The quantitative estimate of drug-likeness (QED) is 0.268. The fourth-order valence-electron chi connectivity index (χ4n) is 2.60. The zero-order valence-electron chi connectivity index (χ0n) is 12.9. The highest BCUT2D eigenvalue weighted by Gasteiger charge is 2.51. The molecule has 2 atom stereocenters. The number of halogens is 1. The molecule has 1 amide bonds. The van der Waals surface area contributed by atoms with Gasteiger partial charge in [-0.15, -0.1) is 23.4 Å². The van der Waals surface area contributed by atoms with E-state index < -0.39 is 16.9 Å². The van der Waals surface area contributed by atoms with Crippen LogP contribution in [0.5, 0.6) is 0 Å². The molecule has 2 N–H and O–H groups in total. The van der Waals surface area contributed by atoms with Gasteiger partial charge in [0, 0.05) is 23.8 Å². The maximum Gasteiger partial charge on any atom is 0.355 e. The van der Waals surface area contributed by atoms with Crippen LogP contribution < -0.4 is 5.73 Å². The highest BCUT2D eigenvalue weighted by Crippen LogP contribution is 2.40. The van der Waals surface area contributed by atoms with Crippen LogP contribution in [0.15, 0.2) is 35.5 Å². The molecular weight excluding hydrogens is 370 g/mol. The van der Waals surface area contributed by atoms with Gasteiger partial charge in [-0.2, -0.15) is 0 Å². The first kappa shape index (κ1) is 17.7. The van der Waals surface area contributed by atoms with Crippen molar-refractivity contribution in [1.29, 1.82) is 0 Å². The number of rotatable bonds is 5. The first-order valence-corrected chi connectivity index (χ1v) is 8.91. The number of hydrogen-bond donors (Lipinski definition) is 1. The van der Waals surface area contributed by atoms with Crippen LogP contribution in [-0.4, -0.2) is 44.7 Å². The van der Waals surface area contributed by atoms with Crippen molar-refractivity contribution < 1.29 is 19.2 Å². The van der Waals surface area contributed by atoms with Gasteiger partial charge in [0.05, 0.1) is 4.92 Å². The summed E-state index contributed by atoms with van der Waals surface area (Å²) >= 11 is 7.36. The standard InChI is InChI=1S/C15H14ClN3O5S/c16-5-9-7-25-14-11(17)13(20)18(14)12(9)15(21)24-6-8-1-3-10(4-2-8)19(22)23/h1-4,11,14H,5-7,17H2/t11?,14-/m0/s1. The Labute approximate surface area is 152 Å². The molecule has 1 aromatic carbocycles. The molecule has 3 rings (SSSR count). The molecule has 10 heteroatoms. The number of fused-ring (bicyclic) bond motifs is 1. The summed E-state index contributed by atoms with van der Waals surface area (Å²) in [7, 11) is 0. The number of alkyl halides is 1. The van der Waals surface area contributed by atoms with Gasteiger partial charge in [0.25, 0.3) is 5.69 Å². The summed E-state index contributed by atoms with van der Waals surface area (Å²) in [6, 6.07) is 5.05. The van der Waals surface area contributed by atoms with Crippen LogP contribution in [0.2, 0.25) is 0 Å². The molecule has 0 aliphatic carbocycles. The van der Waals surface area contributed by atoms with E-state index in [9.17, 15) is 19.7 Å². The number of esters is 1. The summed E-state index contributed by atoms with van der Waals surface area (Å²) in [5.41, 5.74) is 7.09. The summed E-state index contributed by atoms with van der Waals surface area (Å²) in [5, 5.41) is 10.4. The molecule has 0 saturated carbocycles. The molecule has 0 radical (unpaired) electrons. The molecule has 132 valence electrons. The zero-order chi connectivity index (χ0) is 18.1. The summed E-state index contributed by atoms with van der Waals surface area (Å²) in [6.07, 6.45) is 0. The Morgan fingerprint density at radius 3 is 2.72 bits per heavy atom. The molecule has 1 aromatic rings. The van der Waals surface area contributed by atoms with E-state index in [-0.39, 0.29) is 35.2 Å². The highest BCUT2D eigenvalue weighted by atomic mass is 35.5. The average Bonchev–Trinajstić information content (AvgIpc) is 2.64. The normalized spacial score (nSPS) is 22.3. The Balaban J connectivity index is 1.72. The average molecular weight is 384 g/mol. The summed E-state index contributed by atoms with van der Waals surface area (Å²) in [4.78, 5) is 35.9. The second-order valence-electron chi connectivity index (χ2n) is 5.52. The van der Waals surface area contributed by atoms with Gasteiger partial charge in [0.15, 0.2) is 0 Å². The smallest absolute Gasteiger partial charge is 0.355 e. The van der Waals surface area contributed by atoms with Crippen LogP contribution in [0.1, 0.15) is 5.56 Å². The number of nitrogens with zero attached hydrogens (tertiary/aromatic N) is 2. The van der Waals surface area contributed by atoms with Crippen LogP contribution >= 0.6 is 23.4 Å². The van der Waals surface area contributed by atoms with Gasteiger partial charge >= 0.3 is 5.97 Å². The number of hydrogen-bond acceptors (Lipinski definition) is 7. The minimum Gasteiger partial charge on any atom is -0.456 e. The van der Waals surface area contributed by atoms with E-state index in [4.69, 9.17) is 22.1 Å². The molecule has 0 bridgehead atoms. The molecule has 2 aliphatic heterocycles. The minimum absolute atomic E-state index is 0.0467. The Bertz CT molecular complexity index is 767. The lowest BCUT2D eigenvalue weighted by molar-refractivity contribution is -0.384. The van der Waals surface area contributed by atoms with Gasteiger partial charge in [0.2, 0.25) is 5.91 Å². The Hall–Kier alpha value is -2.10. The first-order chi connectivity index (χ1) is 11.9. The highest BCUT2D eigenvalue weighted by molar-refractivity contribution is 8.00. The summed E-state index contributed by atoms with van der Waals surface area (Å²) in [6.45, 7) is -0.0677. The van der Waals surface area contributed by atoms with Crippen molar-refractivity contribution in [3.63, 3.8) is 0 Å². The van der Waals surface area contributed by atoms with Crippen LogP contribution in [0.25, 0.3) is 0 Å². The van der Waals surface area contributed by atoms with Crippen molar-refractivity contribution in [1.82, 2.24) is 4.90 Å². The molecule has 8 nitrogen and oxygen atoms in total. The second-order valence-corrected chi connectivity index (χ2v) is 6.89. The number of nitro benzene ring substituents is 1. The van der Waals surface area contributed by atoms with Crippen LogP contribution in [-0.2, 0) is 20.9 Å². The summed E-state index contributed by atoms with van der Waals surface area (Å²) < 4.78 is 5.27. The number of nitrogens with two attached hydrogens (primary N) is 1. The van der Waals surface area contributed by atoms with E-state index in [1.165, 1.54) is 40.9 Å². The second kappa shape index (κ2) is 7.03. The lowest BCUT2D eigenvalue weighted by Gasteiger charge is -2.48. The van der Waals surface area contributed by atoms with Crippen molar-refractivity contribution in [3.05, 3.63) is 51.2 Å². The number of β-lactam (4-membered cyclic amide) rings is 1. The zero-order valence-corrected chi connectivity index (χ0v) is 14.5. The van der Waals surface area contributed by atoms with Crippen molar-refractivity contribution in [2.24, 2.45) is 5.73 Å². The van der Waals surface area contributed by atoms with Crippen molar-refractivity contribution in [3.8, 4) is 0 Å². The number of amides is 1. The maximum atomic E-state index is 12.5. The molecular formula is C15H14ClN3O5S. The van der Waals surface area contributed by atoms with E-state index in [0.717, 1.165) is 0 Å². The Morgan fingerprint density at radius 2 is 2.12 bits per heavy atom. The monoisotopic (exact) mass is 383 g/mol. The van der Waals surface area contributed by atoms with Gasteiger partial charge in [0.1, 0.15) is 23.7 Å². The number of ether oxygens (including phenoxy) is 1. The van der Waals surface area contributed by atoms with E-state index in [1.807, 2.05) is 0 Å². The largest absolute Gasteiger partial charge is 0.456 e. The third-order valence-electron chi connectivity index (χ3n) is 3.96. The molecule has 0 aromatic heterocycles.